The van der Waals surface area contributed by atoms with E-state index in [2.05, 4.69) is 13.8 Å². The molecule has 0 amide bonds. The maximum atomic E-state index is 12.7. The molecule has 1 nitrogen and oxygen atoms in total. The van der Waals surface area contributed by atoms with Crippen LogP contribution >= 0.6 is 11.8 Å². The van der Waals surface area contributed by atoms with Crippen LogP contribution < -0.4 is 5.73 Å². The molecule has 1 rings (SSSR count). The van der Waals surface area contributed by atoms with Gasteiger partial charge >= 0.3 is 0 Å². The molecule has 2 atom stereocenters. The predicted octanol–water partition coefficient (Wildman–Crippen LogP) is 4.07. The van der Waals surface area contributed by atoms with Gasteiger partial charge in [-0.3, -0.25) is 0 Å². The highest BCUT2D eigenvalue weighted by atomic mass is 32.2. The molecule has 0 bridgehead atoms. The van der Waals surface area contributed by atoms with Crippen LogP contribution in [0.15, 0.2) is 29.2 Å². The van der Waals surface area contributed by atoms with E-state index >= 15 is 0 Å². The minimum Gasteiger partial charge on any atom is -0.327 e. The van der Waals surface area contributed by atoms with Gasteiger partial charge in [0.2, 0.25) is 0 Å². The molecule has 0 spiro atoms. The van der Waals surface area contributed by atoms with Crippen LogP contribution in [0.1, 0.15) is 33.1 Å². The van der Waals surface area contributed by atoms with Crippen LogP contribution in [0.5, 0.6) is 0 Å². The summed E-state index contributed by atoms with van der Waals surface area (Å²) in [5.74, 6) is 1.42. The lowest BCUT2D eigenvalue weighted by molar-refractivity contribution is 0.450. The molecule has 0 aliphatic heterocycles. The molecule has 0 aromatic heterocycles. The Morgan fingerprint density at radius 3 is 2.53 bits per heavy atom. The first kappa shape index (κ1) is 14.5. The third-order valence-corrected chi connectivity index (χ3v) is 3.96. The van der Waals surface area contributed by atoms with Gasteiger partial charge in [0.1, 0.15) is 5.82 Å². The Morgan fingerprint density at radius 1 is 1.29 bits per heavy atom. The molecule has 0 aliphatic rings. The van der Waals surface area contributed by atoms with Crippen molar-refractivity contribution < 1.29 is 4.39 Å². The summed E-state index contributed by atoms with van der Waals surface area (Å²) < 4.78 is 12.7. The van der Waals surface area contributed by atoms with Crippen molar-refractivity contribution in [3.63, 3.8) is 0 Å². The Kier molecular flexibility index (Phi) is 6.60. The molecular weight excluding hydrogens is 233 g/mol. The van der Waals surface area contributed by atoms with Crippen LogP contribution in [-0.4, -0.2) is 11.8 Å². The summed E-state index contributed by atoms with van der Waals surface area (Å²) in [5, 5.41) is 0. The van der Waals surface area contributed by atoms with Crippen molar-refractivity contribution in [3.8, 4) is 0 Å². The molecule has 1 aromatic carbocycles. The summed E-state index contributed by atoms with van der Waals surface area (Å²) in [6, 6.07) is 6.83. The Labute approximate surface area is 108 Å². The Bertz CT molecular complexity index is 313. The van der Waals surface area contributed by atoms with Gasteiger partial charge in [-0.15, -0.1) is 11.8 Å². The standard InChI is InChI=1S/C14H22FNS/c1-3-4-11(2)9-13(16)10-17-14-7-5-12(15)6-8-14/h5-8,11,13H,3-4,9-10,16H2,1-2H3. The largest absolute Gasteiger partial charge is 0.327 e. The van der Waals surface area contributed by atoms with Gasteiger partial charge in [-0.2, -0.15) is 0 Å². The Hall–Kier alpha value is -0.540. The van der Waals surface area contributed by atoms with Gasteiger partial charge in [0, 0.05) is 16.7 Å². The highest BCUT2D eigenvalue weighted by molar-refractivity contribution is 7.99. The van der Waals surface area contributed by atoms with Crippen LogP contribution in [0.25, 0.3) is 0 Å². The summed E-state index contributed by atoms with van der Waals surface area (Å²) in [4.78, 5) is 1.09. The number of halogens is 1. The van der Waals surface area contributed by atoms with E-state index in [1.807, 2.05) is 12.1 Å². The zero-order chi connectivity index (χ0) is 12.7. The highest BCUT2D eigenvalue weighted by Crippen LogP contribution is 2.21. The molecule has 2 N–H and O–H groups in total. The molecule has 1 aromatic rings. The first-order chi connectivity index (χ1) is 8.11. The van der Waals surface area contributed by atoms with E-state index in [9.17, 15) is 4.39 Å². The Balaban J connectivity index is 2.27. The fourth-order valence-corrected chi connectivity index (χ4v) is 2.80. The molecule has 0 saturated heterocycles. The van der Waals surface area contributed by atoms with Gasteiger partial charge in [0.25, 0.3) is 0 Å². The molecule has 2 unspecified atom stereocenters. The van der Waals surface area contributed by atoms with Crippen LogP contribution in [-0.2, 0) is 0 Å². The number of thioether (sulfide) groups is 1. The van der Waals surface area contributed by atoms with E-state index in [0.29, 0.717) is 5.92 Å². The average Bonchev–Trinajstić information content (AvgIpc) is 2.28. The van der Waals surface area contributed by atoms with Crippen molar-refractivity contribution in [1.29, 1.82) is 0 Å². The monoisotopic (exact) mass is 255 g/mol. The third-order valence-electron chi connectivity index (χ3n) is 2.76. The van der Waals surface area contributed by atoms with Gasteiger partial charge in [-0.05, 0) is 36.6 Å². The molecule has 3 heteroatoms. The van der Waals surface area contributed by atoms with Gasteiger partial charge in [0.05, 0.1) is 0 Å². The SMILES string of the molecule is CCCC(C)CC(N)CSc1ccc(F)cc1. The molecule has 0 fully saturated rings. The zero-order valence-electron chi connectivity index (χ0n) is 10.7. The van der Waals surface area contributed by atoms with E-state index in [4.69, 9.17) is 5.73 Å². The van der Waals surface area contributed by atoms with E-state index < -0.39 is 0 Å². The van der Waals surface area contributed by atoms with Gasteiger partial charge in [0.15, 0.2) is 0 Å². The van der Waals surface area contributed by atoms with Gasteiger partial charge < -0.3 is 5.73 Å². The van der Waals surface area contributed by atoms with Crippen LogP contribution in [0.4, 0.5) is 4.39 Å². The van der Waals surface area contributed by atoms with E-state index in [1.165, 1.54) is 25.0 Å². The average molecular weight is 255 g/mol. The fourth-order valence-electron chi connectivity index (χ4n) is 1.93. The molecule has 0 aliphatic carbocycles. The molecule has 0 heterocycles. The molecule has 96 valence electrons. The van der Waals surface area contributed by atoms with Gasteiger partial charge in [-0.1, -0.05) is 26.7 Å². The van der Waals surface area contributed by atoms with E-state index in [1.54, 1.807) is 11.8 Å². The van der Waals surface area contributed by atoms with Crippen LogP contribution in [0.3, 0.4) is 0 Å². The number of rotatable bonds is 7. The molecule has 0 radical (unpaired) electrons. The topological polar surface area (TPSA) is 26.0 Å². The summed E-state index contributed by atoms with van der Waals surface area (Å²) in [5.41, 5.74) is 6.09. The second kappa shape index (κ2) is 7.72. The van der Waals surface area contributed by atoms with Crippen molar-refractivity contribution in [1.82, 2.24) is 0 Å². The first-order valence-electron chi connectivity index (χ1n) is 6.25. The predicted molar refractivity (Wildman–Crippen MR) is 73.8 cm³/mol. The second-order valence-electron chi connectivity index (χ2n) is 4.65. The summed E-state index contributed by atoms with van der Waals surface area (Å²) in [6.07, 6.45) is 3.54. The van der Waals surface area contributed by atoms with Crippen molar-refractivity contribution in [3.05, 3.63) is 30.1 Å². The minimum atomic E-state index is -0.185. The lowest BCUT2D eigenvalue weighted by Gasteiger charge is -2.16. The van der Waals surface area contributed by atoms with E-state index in [-0.39, 0.29) is 11.9 Å². The number of hydrogen-bond donors (Lipinski definition) is 1. The minimum absolute atomic E-state index is 0.185. The maximum absolute atomic E-state index is 12.7. The van der Waals surface area contributed by atoms with Crippen LogP contribution in [0.2, 0.25) is 0 Å². The van der Waals surface area contributed by atoms with Gasteiger partial charge in [-0.25, -0.2) is 4.39 Å². The summed E-state index contributed by atoms with van der Waals surface area (Å²) >= 11 is 1.71. The smallest absolute Gasteiger partial charge is 0.123 e. The first-order valence-corrected chi connectivity index (χ1v) is 7.24. The number of nitrogens with two attached hydrogens (primary N) is 1. The quantitative estimate of drug-likeness (QED) is 0.743. The summed E-state index contributed by atoms with van der Waals surface area (Å²) in [7, 11) is 0. The second-order valence-corrected chi connectivity index (χ2v) is 5.75. The Morgan fingerprint density at radius 2 is 1.94 bits per heavy atom. The zero-order valence-corrected chi connectivity index (χ0v) is 11.5. The molecular formula is C14H22FNS. The van der Waals surface area contributed by atoms with Crippen molar-refractivity contribution in [2.75, 3.05) is 5.75 Å². The number of hydrogen-bond acceptors (Lipinski definition) is 2. The third kappa shape index (κ3) is 6.08. The highest BCUT2D eigenvalue weighted by Gasteiger charge is 2.09. The maximum Gasteiger partial charge on any atom is 0.123 e. The van der Waals surface area contributed by atoms with Crippen molar-refractivity contribution in [2.45, 2.75) is 44.0 Å². The molecule has 17 heavy (non-hydrogen) atoms. The normalized spacial score (nSPS) is 14.6. The molecule has 0 saturated carbocycles. The lowest BCUT2D eigenvalue weighted by atomic mass is 9.99. The fraction of sp³-hybridized carbons (Fsp3) is 0.571. The van der Waals surface area contributed by atoms with Crippen molar-refractivity contribution >= 4 is 11.8 Å². The van der Waals surface area contributed by atoms with Crippen molar-refractivity contribution in [2.24, 2.45) is 11.7 Å². The van der Waals surface area contributed by atoms with E-state index in [0.717, 1.165) is 17.1 Å². The summed E-state index contributed by atoms with van der Waals surface area (Å²) in [6.45, 7) is 4.46. The lowest BCUT2D eigenvalue weighted by Crippen LogP contribution is -2.25. The number of benzene rings is 1. The van der Waals surface area contributed by atoms with Crippen LogP contribution in [0, 0.1) is 11.7 Å².